The maximum absolute atomic E-state index is 14.5. The first-order valence-corrected chi connectivity index (χ1v) is 15.1. The molecular weight excluding hydrogens is 532 g/mol. The number of carbonyl (C=O) groups excluding carboxylic acids is 1. The molecule has 41 heavy (non-hydrogen) atoms. The van der Waals surface area contributed by atoms with Crippen LogP contribution in [0.25, 0.3) is 33.6 Å². The molecule has 5 rings (SSSR count). The number of ether oxygens (including phenoxy) is 1. The number of hydrogen-bond acceptors (Lipinski definition) is 6. The maximum Gasteiger partial charge on any atom is 0.265 e. The summed E-state index contributed by atoms with van der Waals surface area (Å²) in [6.07, 6.45) is 7.57. The Labute approximate surface area is 245 Å². The molecule has 1 saturated heterocycles. The minimum Gasteiger partial charge on any atom is -0.497 e. The number of allylic oxidation sites excluding steroid dienone is 4. The third-order valence-electron chi connectivity index (χ3n) is 7.68. The van der Waals surface area contributed by atoms with E-state index in [1.165, 1.54) is 16.9 Å². The molecule has 0 bridgehead atoms. The number of amides is 1. The summed E-state index contributed by atoms with van der Waals surface area (Å²) in [5, 5.41) is 5.90. The van der Waals surface area contributed by atoms with Gasteiger partial charge in [0.05, 0.1) is 29.6 Å². The number of methoxy groups -OCH3 is 1. The molecule has 7 nitrogen and oxygen atoms in total. The number of nitrogens with zero attached hydrogens (tertiary/aromatic N) is 3. The van der Waals surface area contributed by atoms with E-state index < -0.39 is 0 Å². The van der Waals surface area contributed by atoms with Crippen LogP contribution in [-0.2, 0) is 4.74 Å². The smallest absolute Gasteiger partial charge is 0.265 e. The Kier molecular flexibility index (Phi) is 8.71. The van der Waals surface area contributed by atoms with Crippen LogP contribution in [-0.4, -0.2) is 53.6 Å². The summed E-state index contributed by atoms with van der Waals surface area (Å²) in [6.45, 7) is 10.9. The molecule has 214 valence electrons. The summed E-state index contributed by atoms with van der Waals surface area (Å²) in [6, 6.07) is 9.97. The Balaban J connectivity index is 1.77. The van der Waals surface area contributed by atoms with Crippen molar-refractivity contribution >= 4 is 29.0 Å². The standard InChI is InChI=1S/C33H38N4O3S/c1-6-23-11-12-25(40-5)18-29(23)37-30(17-21(2)3)26(32(38)36-15-13-34-14-16-36)19-27(33(37)39)31-35-28(20-41-31)24-9-7-22(4)8-10-24/h7-10,12,17-20,23,34H,6,11,13-16H2,1-5H3/t23-/m1/s1. The van der Waals surface area contributed by atoms with Gasteiger partial charge in [0.2, 0.25) is 0 Å². The van der Waals surface area contributed by atoms with Crippen LogP contribution in [0, 0.1) is 12.8 Å². The molecule has 0 radical (unpaired) electrons. The lowest BCUT2D eigenvalue weighted by molar-refractivity contribution is 0.0735. The van der Waals surface area contributed by atoms with Gasteiger partial charge in [-0.05, 0) is 51.8 Å². The van der Waals surface area contributed by atoms with Crippen molar-refractivity contribution in [3.05, 3.63) is 86.4 Å². The molecule has 1 fully saturated rings. The average Bonchev–Trinajstić information content (AvgIpc) is 3.47. The molecule has 0 saturated carbocycles. The van der Waals surface area contributed by atoms with Crippen molar-refractivity contribution in [3.8, 4) is 21.8 Å². The van der Waals surface area contributed by atoms with E-state index in [9.17, 15) is 9.59 Å². The molecule has 0 unspecified atom stereocenters. The molecule has 1 N–H and O–H groups in total. The van der Waals surface area contributed by atoms with Crippen molar-refractivity contribution in [3.63, 3.8) is 0 Å². The number of piperazine rings is 1. The Morgan fingerprint density at radius 2 is 1.93 bits per heavy atom. The van der Waals surface area contributed by atoms with Gasteiger partial charge >= 0.3 is 0 Å². The summed E-state index contributed by atoms with van der Waals surface area (Å²) in [7, 11) is 1.64. The van der Waals surface area contributed by atoms with Crippen LogP contribution in [0.15, 0.2) is 64.0 Å². The summed E-state index contributed by atoms with van der Waals surface area (Å²) < 4.78 is 7.36. The molecular formula is C33H38N4O3S. The van der Waals surface area contributed by atoms with Crippen molar-refractivity contribution in [1.82, 2.24) is 19.8 Å². The van der Waals surface area contributed by atoms with Crippen molar-refractivity contribution < 1.29 is 9.53 Å². The van der Waals surface area contributed by atoms with Crippen LogP contribution in [0.1, 0.15) is 55.2 Å². The van der Waals surface area contributed by atoms with Crippen molar-refractivity contribution in [2.75, 3.05) is 33.3 Å². The molecule has 1 aromatic carbocycles. The number of pyridine rings is 1. The number of rotatable bonds is 7. The molecule has 1 aliphatic carbocycles. The van der Waals surface area contributed by atoms with Gasteiger partial charge in [0.15, 0.2) is 0 Å². The minimum atomic E-state index is -0.179. The summed E-state index contributed by atoms with van der Waals surface area (Å²) in [5.41, 5.74) is 6.20. The molecule has 8 heteroatoms. The number of benzene rings is 1. The van der Waals surface area contributed by atoms with Gasteiger partial charge in [-0.1, -0.05) is 42.3 Å². The predicted octanol–water partition coefficient (Wildman–Crippen LogP) is 6.22. The van der Waals surface area contributed by atoms with Crippen LogP contribution in [0.5, 0.6) is 0 Å². The van der Waals surface area contributed by atoms with Gasteiger partial charge < -0.3 is 15.0 Å². The topological polar surface area (TPSA) is 76.5 Å². The molecule has 3 heterocycles. The van der Waals surface area contributed by atoms with Crippen LogP contribution in [0.3, 0.4) is 0 Å². The van der Waals surface area contributed by atoms with E-state index in [0.29, 0.717) is 34.9 Å². The fourth-order valence-electron chi connectivity index (χ4n) is 5.39. The Morgan fingerprint density at radius 3 is 2.59 bits per heavy atom. The lowest BCUT2D eigenvalue weighted by atomic mass is 9.92. The average molecular weight is 571 g/mol. The van der Waals surface area contributed by atoms with Crippen LogP contribution < -0.4 is 10.9 Å². The Morgan fingerprint density at radius 1 is 1.20 bits per heavy atom. The van der Waals surface area contributed by atoms with Gasteiger partial charge in [-0.3, -0.25) is 14.2 Å². The van der Waals surface area contributed by atoms with E-state index in [-0.39, 0.29) is 17.4 Å². The van der Waals surface area contributed by atoms with Gasteiger partial charge in [-0.15, -0.1) is 11.3 Å². The van der Waals surface area contributed by atoms with Gasteiger partial charge in [0, 0.05) is 54.8 Å². The fourth-order valence-corrected chi connectivity index (χ4v) is 6.22. The summed E-state index contributed by atoms with van der Waals surface area (Å²) in [4.78, 5) is 35.5. The lowest BCUT2D eigenvalue weighted by Gasteiger charge is -2.30. The third kappa shape index (κ3) is 5.99. The SMILES string of the molecule is CC[C@@H]1CC=C(OC)C=C1n1c(C=C(C)C)c(C(=O)N2CCNCC2)cc(-c2nc(-c3ccc(C)cc3)cs2)c1=O. The van der Waals surface area contributed by atoms with Crippen LogP contribution >= 0.6 is 11.3 Å². The number of nitrogens with one attached hydrogen (secondary N) is 1. The summed E-state index contributed by atoms with van der Waals surface area (Å²) >= 11 is 1.43. The van der Waals surface area contributed by atoms with Gasteiger partial charge in [0.1, 0.15) is 10.8 Å². The zero-order valence-corrected chi connectivity index (χ0v) is 25.3. The highest BCUT2D eigenvalue weighted by atomic mass is 32.1. The third-order valence-corrected chi connectivity index (χ3v) is 8.56. The second kappa shape index (κ2) is 12.4. The zero-order chi connectivity index (χ0) is 29.1. The monoisotopic (exact) mass is 570 g/mol. The van der Waals surface area contributed by atoms with E-state index in [1.54, 1.807) is 17.7 Å². The van der Waals surface area contributed by atoms with Crippen molar-refractivity contribution in [1.29, 1.82) is 0 Å². The summed E-state index contributed by atoms with van der Waals surface area (Å²) in [5.74, 6) is 0.750. The van der Waals surface area contributed by atoms with Gasteiger partial charge in [-0.2, -0.15) is 0 Å². The number of aryl methyl sites for hydroxylation is 1. The lowest BCUT2D eigenvalue weighted by Crippen LogP contribution is -2.47. The van der Waals surface area contributed by atoms with Gasteiger partial charge in [0.25, 0.3) is 11.5 Å². The van der Waals surface area contributed by atoms with E-state index in [4.69, 9.17) is 9.72 Å². The highest BCUT2D eigenvalue weighted by Gasteiger charge is 2.29. The number of hydrogen-bond donors (Lipinski definition) is 1. The van der Waals surface area contributed by atoms with Crippen LogP contribution in [0.2, 0.25) is 0 Å². The number of aromatic nitrogens is 2. The number of thiazole rings is 1. The Hall–Kier alpha value is -3.75. The van der Waals surface area contributed by atoms with E-state index in [1.807, 2.05) is 48.4 Å². The first kappa shape index (κ1) is 28.8. The molecule has 1 amide bonds. The van der Waals surface area contributed by atoms with Crippen molar-refractivity contribution in [2.24, 2.45) is 5.92 Å². The quantitative estimate of drug-likeness (QED) is 0.365. The zero-order valence-electron chi connectivity index (χ0n) is 24.5. The molecule has 2 aliphatic rings. The van der Waals surface area contributed by atoms with E-state index in [2.05, 4.69) is 37.4 Å². The molecule has 1 aliphatic heterocycles. The highest BCUT2D eigenvalue weighted by molar-refractivity contribution is 7.13. The molecule has 2 aromatic heterocycles. The maximum atomic E-state index is 14.5. The number of carbonyl (C=O) groups is 1. The second-order valence-electron chi connectivity index (χ2n) is 10.9. The first-order valence-electron chi connectivity index (χ1n) is 14.2. The van der Waals surface area contributed by atoms with E-state index >= 15 is 0 Å². The molecule has 0 spiro atoms. The van der Waals surface area contributed by atoms with E-state index in [0.717, 1.165) is 54.2 Å². The first-order chi connectivity index (χ1) is 19.8. The highest BCUT2D eigenvalue weighted by Crippen LogP contribution is 2.34. The fraction of sp³-hybridized carbons (Fsp3) is 0.364. The minimum absolute atomic E-state index is 0.0729. The predicted molar refractivity (Wildman–Crippen MR) is 168 cm³/mol. The normalized spacial score (nSPS) is 17.1. The molecule has 3 aromatic rings. The van der Waals surface area contributed by atoms with Gasteiger partial charge in [-0.25, -0.2) is 4.98 Å². The Bertz CT molecular complexity index is 1580. The van der Waals surface area contributed by atoms with Crippen LogP contribution in [0.4, 0.5) is 0 Å². The second-order valence-corrected chi connectivity index (χ2v) is 11.7. The van der Waals surface area contributed by atoms with Crippen molar-refractivity contribution in [2.45, 2.75) is 40.5 Å². The largest absolute Gasteiger partial charge is 0.497 e. The molecule has 1 atom stereocenters.